The first kappa shape index (κ1) is 15.9. The van der Waals surface area contributed by atoms with E-state index >= 15 is 0 Å². The van der Waals surface area contributed by atoms with Crippen LogP contribution >= 0.6 is 0 Å². The maximum atomic E-state index is 14.1. The molecule has 2 atom stereocenters. The van der Waals surface area contributed by atoms with Crippen molar-refractivity contribution in [3.8, 4) is 11.5 Å². The van der Waals surface area contributed by atoms with Gasteiger partial charge in [-0.1, -0.05) is 0 Å². The molecule has 0 aliphatic carbocycles. The van der Waals surface area contributed by atoms with Gasteiger partial charge < -0.3 is 20.1 Å². The number of halogens is 1. The Hall–Kier alpha value is -3.36. The maximum Gasteiger partial charge on any atom is 0.256 e. The lowest BCUT2D eigenvalue weighted by molar-refractivity contribution is 0.0779. The lowest BCUT2D eigenvalue weighted by Crippen LogP contribution is -2.41. The Bertz CT molecular complexity index is 1070. The molecule has 2 aliphatic heterocycles. The molecule has 8 nitrogen and oxygen atoms in total. The molecule has 2 aromatic heterocycles. The molecule has 1 unspecified atom stereocenters. The molecule has 27 heavy (non-hydrogen) atoms. The van der Waals surface area contributed by atoms with Gasteiger partial charge in [-0.15, -0.1) is 0 Å². The number of amides is 1. The Kier molecular flexibility index (Phi) is 3.43. The van der Waals surface area contributed by atoms with Crippen LogP contribution in [0.25, 0.3) is 5.65 Å². The van der Waals surface area contributed by atoms with Crippen molar-refractivity contribution >= 4 is 17.4 Å². The first-order chi connectivity index (χ1) is 13.1. The highest BCUT2D eigenvalue weighted by molar-refractivity contribution is 5.99. The minimum atomic E-state index is -0.404. The minimum Gasteiger partial charge on any atom is -0.486 e. The highest BCUT2D eigenvalue weighted by Gasteiger charge is 2.28. The van der Waals surface area contributed by atoms with Crippen molar-refractivity contribution in [1.82, 2.24) is 19.9 Å². The molecule has 4 bridgehead atoms. The molecule has 0 radical (unpaired) electrons. The number of benzene rings is 1. The lowest BCUT2D eigenvalue weighted by Gasteiger charge is -2.30. The Labute approximate surface area is 153 Å². The number of ether oxygens (including phenoxy) is 2. The molecular weight excluding hydrogens is 353 g/mol. The van der Waals surface area contributed by atoms with Gasteiger partial charge in [-0.25, -0.2) is 13.9 Å². The fourth-order valence-corrected chi connectivity index (χ4v) is 3.34. The van der Waals surface area contributed by atoms with Crippen molar-refractivity contribution in [2.75, 3.05) is 18.5 Å². The largest absolute Gasteiger partial charge is 0.486 e. The second-order valence-corrected chi connectivity index (χ2v) is 6.59. The smallest absolute Gasteiger partial charge is 0.256 e. The molecular formula is C18H16FN5O3. The van der Waals surface area contributed by atoms with E-state index < -0.39 is 5.82 Å². The SMILES string of the molecule is CC1Nc2ccn3ncc(c3n2)C(=O)NC[C@@H]2COc3cc(F)cc1c3O2. The Balaban J connectivity index is 1.65. The molecule has 5 rings (SSSR count). The summed E-state index contributed by atoms with van der Waals surface area (Å²) in [6.45, 7) is 2.34. The predicted octanol–water partition coefficient (Wildman–Crippen LogP) is 1.92. The van der Waals surface area contributed by atoms with E-state index in [0.29, 0.717) is 34.1 Å². The standard InChI is InChI=1S/C18H16FN5O3/c1-9-12-4-10(19)5-14-16(12)27-11(8-26-14)6-20-18(25)13-7-21-24-3-2-15(22-9)23-17(13)24/h2-5,7,9,11H,6,8H2,1H3,(H,20,25)(H,22,23)/t9?,11-/m1/s1. The van der Waals surface area contributed by atoms with Gasteiger partial charge in [-0.05, 0) is 19.1 Å². The van der Waals surface area contributed by atoms with Crippen LogP contribution in [-0.4, -0.2) is 39.8 Å². The Morgan fingerprint density at radius 2 is 2.26 bits per heavy atom. The van der Waals surface area contributed by atoms with Gasteiger partial charge in [0.25, 0.3) is 5.91 Å². The van der Waals surface area contributed by atoms with E-state index in [2.05, 4.69) is 20.7 Å². The Morgan fingerprint density at radius 1 is 1.37 bits per heavy atom. The van der Waals surface area contributed by atoms with Crippen molar-refractivity contribution in [3.63, 3.8) is 0 Å². The summed E-state index contributed by atoms with van der Waals surface area (Å²) >= 11 is 0. The van der Waals surface area contributed by atoms with Crippen LogP contribution in [0.2, 0.25) is 0 Å². The third-order valence-electron chi connectivity index (χ3n) is 4.69. The highest BCUT2D eigenvalue weighted by Crippen LogP contribution is 2.40. The third kappa shape index (κ3) is 2.62. The predicted molar refractivity (Wildman–Crippen MR) is 93.7 cm³/mol. The lowest BCUT2D eigenvalue weighted by atomic mass is 10.1. The van der Waals surface area contributed by atoms with Gasteiger partial charge in [0, 0.05) is 17.8 Å². The normalized spacial score (nSPS) is 21.2. The van der Waals surface area contributed by atoms with Crippen LogP contribution < -0.4 is 20.1 Å². The summed E-state index contributed by atoms with van der Waals surface area (Å²) in [6.07, 6.45) is 2.80. The van der Waals surface area contributed by atoms with Crippen LogP contribution in [0.15, 0.2) is 30.6 Å². The average Bonchev–Trinajstić information content (AvgIpc) is 3.08. The van der Waals surface area contributed by atoms with Crippen molar-refractivity contribution < 1.29 is 18.7 Å². The summed E-state index contributed by atoms with van der Waals surface area (Å²) in [5.74, 6) is 0.672. The molecule has 4 heterocycles. The zero-order valence-corrected chi connectivity index (χ0v) is 14.4. The number of rotatable bonds is 0. The fraction of sp³-hybridized carbons (Fsp3) is 0.278. The number of aromatic nitrogens is 3. The summed E-state index contributed by atoms with van der Waals surface area (Å²) in [5.41, 5.74) is 1.43. The summed E-state index contributed by atoms with van der Waals surface area (Å²) in [6, 6.07) is 4.16. The Morgan fingerprint density at radius 3 is 3.15 bits per heavy atom. The maximum absolute atomic E-state index is 14.1. The summed E-state index contributed by atoms with van der Waals surface area (Å²) in [5, 5.41) is 10.2. The molecule has 9 heteroatoms. The summed E-state index contributed by atoms with van der Waals surface area (Å²) in [7, 11) is 0. The first-order valence-electron chi connectivity index (χ1n) is 8.60. The van der Waals surface area contributed by atoms with Crippen molar-refractivity contribution in [1.29, 1.82) is 0 Å². The molecule has 2 N–H and O–H groups in total. The number of hydrogen-bond acceptors (Lipinski definition) is 6. The van der Waals surface area contributed by atoms with E-state index in [1.807, 2.05) is 6.92 Å². The molecule has 3 aromatic rings. The molecule has 0 saturated carbocycles. The zero-order chi connectivity index (χ0) is 18.5. The average molecular weight is 369 g/mol. The van der Waals surface area contributed by atoms with Gasteiger partial charge in [0.1, 0.15) is 29.9 Å². The number of nitrogens with one attached hydrogen (secondary N) is 2. The van der Waals surface area contributed by atoms with Gasteiger partial charge in [0.05, 0.1) is 18.8 Å². The topological polar surface area (TPSA) is 89.8 Å². The van der Waals surface area contributed by atoms with Gasteiger partial charge in [0.15, 0.2) is 17.1 Å². The van der Waals surface area contributed by atoms with E-state index in [9.17, 15) is 9.18 Å². The van der Waals surface area contributed by atoms with Crippen LogP contribution in [0.1, 0.15) is 28.9 Å². The van der Waals surface area contributed by atoms with Crippen molar-refractivity contribution in [3.05, 3.63) is 47.5 Å². The van der Waals surface area contributed by atoms with Gasteiger partial charge in [-0.2, -0.15) is 5.10 Å². The first-order valence-corrected chi connectivity index (χ1v) is 8.60. The van der Waals surface area contributed by atoms with Crippen LogP contribution in [0.4, 0.5) is 10.2 Å². The number of fused-ring (bicyclic) bond motifs is 2. The molecule has 0 saturated heterocycles. The molecule has 1 amide bonds. The molecule has 1 aromatic carbocycles. The summed E-state index contributed by atoms with van der Waals surface area (Å²) in [4.78, 5) is 17.1. The second kappa shape index (κ2) is 5.83. The molecule has 0 fully saturated rings. The molecule has 138 valence electrons. The van der Waals surface area contributed by atoms with Crippen molar-refractivity contribution in [2.24, 2.45) is 0 Å². The number of carbonyl (C=O) groups excluding carboxylic acids is 1. The van der Waals surface area contributed by atoms with E-state index in [0.717, 1.165) is 0 Å². The van der Waals surface area contributed by atoms with E-state index in [4.69, 9.17) is 9.47 Å². The van der Waals surface area contributed by atoms with Crippen LogP contribution in [-0.2, 0) is 0 Å². The van der Waals surface area contributed by atoms with Crippen LogP contribution in [0.5, 0.6) is 11.5 Å². The molecule has 2 aliphatic rings. The van der Waals surface area contributed by atoms with Crippen LogP contribution in [0, 0.1) is 5.82 Å². The zero-order valence-electron chi connectivity index (χ0n) is 14.4. The van der Waals surface area contributed by atoms with Gasteiger partial charge in [-0.3, -0.25) is 4.79 Å². The summed E-state index contributed by atoms with van der Waals surface area (Å²) < 4.78 is 27.3. The number of hydrogen-bond donors (Lipinski definition) is 2. The van der Waals surface area contributed by atoms with Gasteiger partial charge in [0.2, 0.25) is 0 Å². The van der Waals surface area contributed by atoms with E-state index in [1.165, 1.54) is 22.8 Å². The number of nitrogens with zero attached hydrogens (tertiary/aromatic N) is 3. The van der Waals surface area contributed by atoms with E-state index in [-0.39, 0.29) is 31.2 Å². The number of carbonyl (C=O) groups is 1. The second-order valence-electron chi connectivity index (χ2n) is 6.59. The van der Waals surface area contributed by atoms with Crippen molar-refractivity contribution in [2.45, 2.75) is 19.1 Å². The van der Waals surface area contributed by atoms with Gasteiger partial charge >= 0.3 is 0 Å². The van der Waals surface area contributed by atoms with Crippen LogP contribution in [0.3, 0.4) is 0 Å². The minimum absolute atomic E-state index is 0.216. The number of anilines is 1. The quantitative estimate of drug-likeness (QED) is 0.629. The molecule has 0 spiro atoms. The highest BCUT2D eigenvalue weighted by atomic mass is 19.1. The fourth-order valence-electron chi connectivity index (χ4n) is 3.34. The van der Waals surface area contributed by atoms with E-state index in [1.54, 1.807) is 12.3 Å². The monoisotopic (exact) mass is 369 g/mol. The third-order valence-corrected chi connectivity index (χ3v) is 4.69.